The van der Waals surface area contributed by atoms with Crippen molar-refractivity contribution in [1.29, 1.82) is 0 Å². The lowest BCUT2D eigenvalue weighted by Gasteiger charge is -2.08. The van der Waals surface area contributed by atoms with Crippen LogP contribution >= 0.6 is 15.9 Å². The monoisotopic (exact) mass is 402 g/mol. The van der Waals surface area contributed by atoms with Gasteiger partial charge in [0.25, 0.3) is 5.69 Å². The maximum absolute atomic E-state index is 12.3. The predicted octanol–water partition coefficient (Wildman–Crippen LogP) is 3.88. The van der Waals surface area contributed by atoms with Crippen molar-refractivity contribution in [2.24, 2.45) is 0 Å². The van der Waals surface area contributed by atoms with Gasteiger partial charge in [-0.15, -0.1) is 0 Å². The molecule has 128 valence electrons. The highest BCUT2D eigenvalue weighted by atomic mass is 79.9. The number of rotatable bonds is 5. The molecule has 25 heavy (non-hydrogen) atoms. The highest BCUT2D eigenvalue weighted by Gasteiger charge is 2.14. The van der Waals surface area contributed by atoms with Gasteiger partial charge in [0.1, 0.15) is 5.65 Å². The average Bonchev–Trinajstić information content (AvgIpc) is 2.90. The van der Waals surface area contributed by atoms with Crippen LogP contribution in [0, 0.1) is 17.0 Å². The van der Waals surface area contributed by atoms with Gasteiger partial charge in [0, 0.05) is 34.9 Å². The lowest BCUT2D eigenvalue weighted by molar-refractivity contribution is -0.384. The molecule has 1 amide bonds. The predicted molar refractivity (Wildman–Crippen MR) is 97.7 cm³/mol. The number of hydrogen-bond acceptors (Lipinski definition) is 4. The molecule has 3 rings (SSSR count). The van der Waals surface area contributed by atoms with Crippen molar-refractivity contribution in [3.05, 3.63) is 68.6 Å². The summed E-state index contributed by atoms with van der Waals surface area (Å²) in [4.78, 5) is 27.1. The normalized spacial score (nSPS) is 10.8. The number of halogens is 1. The third kappa shape index (κ3) is 3.69. The second kappa shape index (κ2) is 7.02. The number of pyridine rings is 1. The molecule has 2 heterocycles. The largest absolute Gasteiger partial charge is 0.325 e. The number of nitrogens with one attached hydrogen (secondary N) is 1. The second-order valence-electron chi connectivity index (χ2n) is 5.54. The van der Waals surface area contributed by atoms with Crippen molar-refractivity contribution in [2.45, 2.75) is 19.8 Å². The molecule has 0 fully saturated rings. The summed E-state index contributed by atoms with van der Waals surface area (Å²) in [5.74, 6) is -0.216. The van der Waals surface area contributed by atoms with Crippen LogP contribution in [0.15, 0.2) is 47.1 Å². The molecule has 0 spiro atoms. The Labute approximate surface area is 152 Å². The number of nitro groups is 1. The van der Waals surface area contributed by atoms with Crippen LogP contribution in [0.1, 0.15) is 17.8 Å². The van der Waals surface area contributed by atoms with Crippen LogP contribution in [0.5, 0.6) is 0 Å². The lowest BCUT2D eigenvalue weighted by atomic mass is 10.2. The number of amides is 1. The lowest BCUT2D eigenvalue weighted by Crippen LogP contribution is -2.13. The van der Waals surface area contributed by atoms with Gasteiger partial charge >= 0.3 is 0 Å². The van der Waals surface area contributed by atoms with Crippen molar-refractivity contribution in [1.82, 2.24) is 9.38 Å². The fraction of sp³-hybridized carbons (Fsp3) is 0.176. The summed E-state index contributed by atoms with van der Waals surface area (Å²) in [5.41, 5.74) is 3.02. The van der Waals surface area contributed by atoms with Crippen molar-refractivity contribution in [3.63, 3.8) is 0 Å². The smallest absolute Gasteiger partial charge is 0.271 e. The minimum absolute atomic E-state index is 0.0730. The van der Waals surface area contributed by atoms with Gasteiger partial charge in [-0.2, -0.15) is 0 Å². The molecule has 7 nitrogen and oxygen atoms in total. The van der Waals surface area contributed by atoms with E-state index in [-0.39, 0.29) is 18.0 Å². The van der Waals surface area contributed by atoms with E-state index in [0.29, 0.717) is 16.6 Å². The molecule has 0 saturated heterocycles. The van der Waals surface area contributed by atoms with Crippen LogP contribution < -0.4 is 5.32 Å². The first kappa shape index (κ1) is 17.1. The number of non-ortho nitro benzene ring substituents is 1. The molecule has 1 N–H and O–H groups in total. The number of carbonyl (C=O) groups excluding carboxylic acids is 1. The van der Waals surface area contributed by atoms with Gasteiger partial charge < -0.3 is 9.72 Å². The molecule has 0 bridgehead atoms. The molecule has 0 aliphatic carbocycles. The van der Waals surface area contributed by atoms with Gasteiger partial charge in [-0.1, -0.05) is 6.07 Å². The number of anilines is 1. The van der Waals surface area contributed by atoms with E-state index in [1.807, 2.05) is 35.7 Å². The fourth-order valence-corrected chi connectivity index (χ4v) is 2.98. The zero-order valence-corrected chi connectivity index (χ0v) is 15.0. The molecule has 0 saturated carbocycles. The average molecular weight is 403 g/mol. The number of benzene rings is 1. The Bertz CT molecular complexity index is 968. The number of hydrogen-bond donors (Lipinski definition) is 1. The number of fused-ring (bicyclic) bond motifs is 1. The van der Waals surface area contributed by atoms with Crippen LogP contribution in [-0.4, -0.2) is 20.2 Å². The summed E-state index contributed by atoms with van der Waals surface area (Å²) >= 11 is 3.29. The minimum Gasteiger partial charge on any atom is -0.325 e. The third-order valence-corrected chi connectivity index (χ3v) is 4.54. The number of imidazole rings is 1. The summed E-state index contributed by atoms with van der Waals surface area (Å²) in [5, 5.41) is 13.6. The fourth-order valence-electron chi connectivity index (χ4n) is 2.63. The van der Waals surface area contributed by atoms with Crippen LogP contribution in [0.4, 0.5) is 11.4 Å². The number of aromatic nitrogens is 2. The van der Waals surface area contributed by atoms with Crippen LogP contribution in [0.3, 0.4) is 0 Å². The summed E-state index contributed by atoms with van der Waals surface area (Å²) < 4.78 is 2.56. The second-order valence-corrected chi connectivity index (χ2v) is 6.40. The zero-order chi connectivity index (χ0) is 18.0. The summed E-state index contributed by atoms with van der Waals surface area (Å²) in [7, 11) is 0. The van der Waals surface area contributed by atoms with E-state index in [9.17, 15) is 14.9 Å². The van der Waals surface area contributed by atoms with Crippen LogP contribution in [0.25, 0.3) is 5.65 Å². The molecule has 0 aliphatic rings. The van der Waals surface area contributed by atoms with E-state index in [0.717, 1.165) is 17.0 Å². The van der Waals surface area contributed by atoms with E-state index in [4.69, 9.17) is 0 Å². The van der Waals surface area contributed by atoms with Crippen LogP contribution in [-0.2, 0) is 11.2 Å². The summed E-state index contributed by atoms with van der Waals surface area (Å²) in [6, 6.07) is 10.00. The quantitative estimate of drug-likeness (QED) is 0.517. The molecule has 0 unspecified atom stereocenters. The highest BCUT2D eigenvalue weighted by Crippen LogP contribution is 2.27. The molecule has 0 atom stereocenters. The molecule has 1 aromatic carbocycles. The van der Waals surface area contributed by atoms with Crippen molar-refractivity contribution < 1.29 is 9.72 Å². The molecule has 3 aromatic rings. The van der Waals surface area contributed by atoms with E-state index in [1.165, 1.54) is 12.1 Å². The number of carbonyl (C=O) groups is 1. The Morgan fingerprint density at radius 1 is 1.36 bits per heavy atom. The number of nitro benzene ring substituents is 1. The third-order valence-electron chi connectivity index (χ3n) is 3.85. The molecular weight excluding hydrogens is 388 g/mol. The van der Waals surface area contributed by atoms with Gasteiger partial charge in [-0.25, -0.2) is 4.98 Å². The first-order chi connectivity index (χ1) is 12.0. The topological polar surface area (TPSA) is 89.5 Å². The summed E-state index contributed by atoms with van der Waals surface area (Å²) in [6.07, 6.45) is 2.69. The Hall–Kier alpha value is -2.74. The number of aryl methyl sites for hydroxylation is 2. The Morgan fingerprint density at radius 3 is 2.92 bits per heavy atom. The van der Waals surface area contributed by atoms with Gasteiger partial charge in [0.2, 0.25) is 5.91 Å². The van der Waals surface area contributed by atoms with Crippen molar-refractivity contribution >= 4 is 38.9 Å². The van der Waals surface area contributed by atoms with Gasteiger partial charge in [0.15, 0.2) is 0 Å². The van der Waals surface area contributed by atoms with E-state index in [1.54, 1.807) is 6.07 Å². The number of nitrogens with zero attached hydrogens (tertiary/aromatic N) is 3. The van der Waals surface area contributed by atoms with Crippen LogP contribution in [0.2, 0.25) is 0 Å². The molecule has 2 aromatic heterocycles. The van der Waals surface area contributed by atoms with Crippen molar-refractivity contribution in [2.75, 3.05) is 5.32 Å². The Morgan fingerprint density at radius 2 is 2.16 bits per heavy atom. The minimum atomic E-state index is -0.496. The Kier molecular flexibility index (Phi) is 4.80. The van der Waals surface area contributed by atoms with Gasteiger partial charge in [-0.3, -0.25) is 14.9 Å². The zero-order valence-electron chi connectivity index (χ0n) is 13.4. The first-order valence-electron chi connectivity index (χ1n) is 7.62. The van der Waals surface area contributed by atoms with E-state index >= 15 is 0 Å². The van der Waals surface area contributed by atoms with E-state index < -0.39 is 4.92 Å². The van der Waals surface area contributed by atoms with Gasteiger partial charge in [-0.05, 0) is 47.5 Å². The summed E-state index contributed by atoms with van der Waals surface area (Å²) in [6.45, 7) is 1.91. The maximum atomic E-state index is 12.3. The first-order valence-corrected chi connectivity index (χ1v) is 8.41. The molecule has 0 aliphatic heterocycles. The maximum Gasteiger partial charge on any atom is 0.271 e. The Balaban J connectivity index is 1.72. The molecule has 8 heteroatoms. The van der Waals surface area contributed by atoms with E-state index in [2.05, 4.69) is 26.2 Å². The standard InChI is InChI=1S/C17H15BrN4O3/c1-11-15(21-9-3-2-4-16(21)19-11)7-8-17(23)20-14-10-12(22(24)25)5-6-13(14)18/h2-6,9-10H,7-8H2,1H3,(H,20,23). The van der Waals surface area contributed by atoms with Gasteiger partial charge in [0.05, 0.1) is 16.3 Å². The highest BCUT2D eigenvalue weighted by molar-refractivity contribution is 9.10. The molecular formula is C17H15BrN4O3. The SMILES string of the molecule is Cc1nc2ccccn2c1CCC(=O)Nc1cc([N+](=O)[O-])ccc1Br. The molecule has 0 radical (unpaired) electrons. The van der Waals surface area contributed by atoms with Crippen molar-refractivity contribution in [3.8, 4) is 0 Å².